The Kier molecular flexibility index (Phi) is 4.73. The molecule has 0 heterocycles. The molecule has 0 atom stereocenters. The molecule has 0 saturated carbocycles. The maximum absolute atomic E-state index is 11.7. The molecule has 0 spiro atoms. The molecule has 5 nitrogen and oxygen atoms in total. The molecule has 15 heavy (non-hydrogen) atoms. The molecular weight excluding hydrogens is 214 g/mol. The molecule has 0 aromatic carbocycles. The van der Waals surface area contributed by atoms with Gasteiger partial charge in [0.1, 0.15) is 5.84 Å². The van der Waals surface area contributed by atoms with E-state index in [1.807, 2.05) is 13.8 Å². The summed E-state index contributed by atoms with van der Waals surface area (Å²) in [6.45, 7) is 6.82. The maximum atomic E-state index is 11.7. The zero-order valence-electron chi connectivity index (χ0n) is 9.79. The van der Waals surface area contributed by atoms with E-state index in [-0.39, 0.29) is 5.84 Å². The summed E-state index contributed by atoms with van der Waals surface area (Å²) in [5.74, 6) is -0.128. The average molecular weight is 235 g/mol. The molecule has 6 heteroatoms. The Balaban J connectivity index is 5.09. The largest absolute Gasteiger partial charge is 0.386 e. The molecule has 0 amide bonds. The standard InChI is InChI=1S/C9H21N3O2S/c1-5-9(6-2,8(10)11)12-15(13,14)7(3)4/h7,12H,5-6H2,1-4H3,(H3,10,11). The third-order valence-electron chi connectivity index (χ3n) is 2.68. The minimum atomic E-state index is -3.40. The summed E-state index contributed by atoms with van der Waals surface area (Å²) in [7, 11) is -3.40. The number of nitrogens with one attached hydrogen (secondary N) is 2. The van der Waals surface area contributed by atoms with Crippen LogP contribution in [0.2, 0.25) is 0 Å². The number of rotatable bonds is 6. The molecule has 0 unspecified atom stereocenters. The van der Waals surface area contributed by atoms with Gasteiger partial charge in [-0.25, -0.2) is 13.1 Å². The van der Waals surface area contributed by atoms with Gasteiger partial charge in [-0.1, -0.05) is 13.8 Å². The Bertz CT molecular complexity index is 318. The third kappa shape index (κ3) is 3.17. The zero-order valence-corrected chi connectivity index (χ0v) is 10.6. The summed E-state index contributed by atoms with van der Waals surface area (Å²) in [5.41, 5.74) is 4.53. The molecule has 0 aromatic heterocycles. The van der Waals surface area contributed by atoms with E-state index in [1.54, 1.807) is 13.8 Å². The molecule has 0 aliphatic heterocycles. The van der Waals surface area contributed by atoms with Gasteiger partial charge in [-0.2, -0.15) is 0 Å². The van der Waals surface area contributed by atoms with Crippen molar-refractivity contribution in [3.05, 3.63) is 0 Å². The normalized spacial score (nSPS) is 13.1. The lowest BCUT2D eigenvalue weighted by molar-refractivity contribution is 0.455. The van der Waals surface area contributed by atoms with Crippen molar-refractivity contribution in [2.75, 3.05) is 0 Å². The first-order chi connectivity index (χ1) is 6.72. The van der Waals surface area contributed by atoms with Gasteiger partial charge in [-0.3, -0.25) is 5.41 Å². The van der Waals surface area contributed by atoms with Crippen LogP contribution in [0.1, 0.15) is 40.5 Å². The molecule has 0 saturated heterocycles. The van der Waals surface area contributed by atoms with E-state index in [9.17, 15) is 8.42 Å². The summed E-state index contributed by atoms with van der Waals surface area (Å²) in [6, 6.07) is 0. The van der Waals surface area contributed by atoms with Gasteiger partial charge in [0.15, 0.2) is 0 Å². The van der Waals surface area contributed by atoms with Crippen LogP contribution in [0.3, 0.4) is 0 Å². The van der Waals surface area contributed by atoms with Crippen LogP contribution < -0.4 is 10.5 Å². The van der Waals surface area contributed by atoms with E-state index in [2.05, 4.69) is 4.72 Å². The molecule has 0 radical (unpaired) electrons. The summed E-state index contributed by atoms with van der Waals surface area (Å²) in [6.07, 6.45) is 0.954. The van der Waals surface area contributed by atoms with Crippen LogP contribution in [-0.4, -0.2) is 25.0 Å². The number of hydrogen-bond donors (Lipinski definition) is 3. The number of sulfonamides is 1. The van der Waals surface area contributed by atoms with Crippen molar-refractivity contribution in [3.8, 4) is 0 Å². The van der Waals surface area contributed by atoms with Crippen LogP contribution in [0.5, 0.6) is 0 Å². The Labute approximate surface area is 92.0 Å². The maximum Gasteiger partial charge on any atom is 0.214 e. The second-order valence-corrected chi connectivity index (χ2v) is 6.14. The van der Waals surface area contributed by atoms with Crippen LogP contribution in [0.15, 0.2) is 0 Å². The molecule has 0 aromatic rings. The molecule has 0 fully saturated rings. The van der Waals surface area contributed by atoms with Gasteiger partial charge in [0.05, 0.1) is 10.8 Å². The van der Waals surface area contributed by atoms with Gasteiger partial charge in [0, 0.05) is 0 Å². The molecule has 0 rings (SSSR count). The highest BCUT2D eigenvalue weighted by molar-refractivity contribution is 7.90. The Morgan fingerprint density at radius 3 is 2.00 bits per heavy atom. The second kappa shape index (κ2) is 4.94. The minimum Gasteiger partial charge on any atom is -0.386 e. The van der Waals surface area contributed by atoms with Gasteiger partial charge in [0.25, 0.3) is 0 Å². The number of nitrogens with two attached hydrogens (primary N) is 1. The van der Waals surface area contributed by atoms with Gasteiger partial charge in [0.2, 0.25) is 10.0 Å². The van der Waals surface area contributed by atoms with E-state index in [0.717, 1.165) is 0 Å². The van der Waals surface area contributed by atoms with Gasteiger partial charge < -0.3 is 5.73 Å². The highest BCUT2D eigenvalue weighted by Gasteiger charge is 2.35. The Hall–Kier alpha value is -0.620. The van der Waals surface area contributed by atoms with Crippen LogP contribution in [0.4, 0.5) is 0 Å². The van der Waals surface area contributed by atoms with Crippen molar-refractivity contribution in [1.82, 2.24) is 4.72 Å². The van der Waals surface area contributed by atoms with Crippen molar-refractivity contribution < 1.29 is 8.42 Å². The first-order valence-electron chi connectivity index (χ1n) is 5.09. The lowest BCUT2D eigenvalue weighted by atomic mass is 9.93. The van der Waals surface area contributed by atoms with E-state index in [4.69, 9.17) is 11.1 Å². The minimum absolute atomic E-state index is 0.128. The second-order valence-electron chi connectivity index (χ2n) is 3.90. The van der Waals surface area contributed by atoms with Gasteiger partial charge >= 0.3 is 0 Å². The Morgan fingerprint density at radius 2 is 1.80 bits per heavy atom. The zero-order chi connectivity index (χ0) is 12.3. The fourth-order valence-electron chi connectivity index (χ4n) is 1.22. The monoisotopic (exact) mass is 235 g/mol. The topological polar surface area (TPSA) is 96.0 Å². The van der Waals surface area contributed by atoms with E-state index >= 15 is 0 Å². The smallest absolute Gasteiger partial charge is 0.214 e. The summed E-state index contributed by atoms with van der Waals surface area (Å²) in [5, 5.41) is 6.95. The molecule has 0 aliphatic carbocycles. The first-order valence-corrected chi connectivity index (χ1v) is 6.63. The van der Waals surface area contributed by atoms with Crippen LogP contribution in [0.25, 0.3) is 0 Å². The predicted molar refractivity (Wildman–Crippen MR) is 62.4 cm³/mol. The quantitative estimate of drug-likeness (QED) is 0.469. The SMILES string of the molecule is CCC(CC)(NS(=O)(=O)C(C)C)C(=N)N. The molecular formula is C9H21N3O2S. The third-order valence-corrected chi connectivity index (χ3v) is 4.60. The lowest BCUT2D eigenvalue weighted by Crippen LogP contribution is -2.57. The van der Waals surface area contributed by atoms with Crippen molar-refractivity contribution in [3.63, 3.8) is 0 Å². The Morgan fingerprint density at radius 1 is 1.40 bits per heavy atom. The van der Waals surface area contributed by atoms with Crippen molar-refractivity contribution in [2.45, 2.75) is 51.3 Å². The van der Waals surface area contributed by atoms with Crippen molar-refractivity contribution >= 4 is 15.9 Å². The first kappa shape index (κ1) is 14.4. The van der Waals surface area contributed by atoms with E-state index in [1.165, 1.54) is 0 Å². The van der Waals surface area contributed by atoms with Gasteiger partial charge in [-0.15, -0.1) is 0 Å². The number of amidine groups is 1. The highest BCUT2D eigenvalue weighted by atomic mass is 32.2. The van der Waals surface area contributed by atoms with Crippen LogP contribution in [0, 0.1) is 5.41 Å². The van der Waals surface area contributed by atoms with Gasteiger partial charge in [-0.05, 0) is 26.7 Å². The molecule has 0 bridgehead atoms. The summed E-state index contributed by atoms with van der Waals surface area (Å²) in [4.78, 5) is 0. The van der Waals surface area contributed by atoms with Crippen molar-refractivity contribution in [1.29, 1.82) is 5.41 Å². The number of hydrogen-bond acceptors (Lipinski definition) is 3. The van der Waals surface area contributed by atoms with Crippen LogP contribution >= 0.6 is 0 Å². The van der Waals surface area contributed by atoms with Crippen molar-refractivity contribution in [2.24, 2.45) is 5.73 Å². The average Bonchev–Trinajstić information content (AvgIpc) is 2.13. The molecule has 0 aliphatic rings. The lowest BCUT2D eigenvalue weighted by Gasteiger charge is -2.31. The summed E-state index contributed by atoms with van der Waals surface area (Å²) >= 11 is 0. The fourth-order valence-corrected chi connectivity index (χ4v) is 2.40. The molecule has 4 N–H and O–H groups in total. The summed E-state index contributed by atoms with van der Waals surface area (Å²) < 4.78 is 25.9. The van der Waals surface area contributed by atoms with Crippen LogP contribution in [-0.2, 0) is 10.0 Å². The fraction of sp³-hybridized carbons (Fsp3) is 0.889. The van der Waals surface area contributed by atoms with E-state index < -0.39 is 20.8 Å². The highest BCUT2D eigenvalue weighted by Crippen LogP contribution is 2.17. The van der Waals surface area contributed by atoms with E-state index in [0.29, 0.717) is 12.8 Å². The molecule has 90 valence electrons. The predicted octanol–water partition coefficient (Wildman–Crippen LogP) is 0.809.